The molecule has 0 aromatic carbocycles. The van der Waals surface area contributed by atoms with Crippen LogP contribution in [0.3, 0.4) is 0 Å². The minimum Gasteiger partial charge on any atom is -0.342 e. The fraction of sp³-hybridized carbons (Fsp3) is 0.923. The van der Waals surface area contributed by atoms with Crippen molar-refractivity contribution in [3.8, 4) is 0 Å². The van der Waals surface area contributed by atoms with Crippen LogP contribution in [0, 0.1) is 0 Å². The van der Waals surface area contributed by atoms with E-state index in [0.29, 0.717) is 0 Å². The maximum absolute atomic E-state index is 11.3. The molecule has 1 saturated heterocycles. The van der Waals surface area contributed by atoms with Gasteiger partial charge in [-0.2, -0.15) is 0 Å². The van der Waals surface area contributed by atoms with Crippen molar-refractivity contribution < 1.29 is 4.79 Å². The number of hydrogen-bond acceptors (Lipinski definition) is 2. The molecule has 0 aromatic heterocycles. The Kier molecular flexibility index (Phi) is 7.62. The third-order valence-electron chi connectivity index (χ3n) is 3.39. The molecular weight excluding hydrogens is 236 g/mol. The molecule has 100 valence electrons. The monoisotopic (exact) mass is 260 g/mol. The summed E-state index contributed by atoms with van der Waals surface area (Å²) in [6.45, 7) is 6.85. The van der Waals surface area contributed by atoms with Gasteiger partial charge < -0.3 is 9.80 Å². The lowest BCUT2D eigenvalue weighted by atomic mass is 10.2. The zero-order valence-corrected chi connectivity index (χ0v) is 11.7. The van der Waals surface area contributed by atoms with Crippen LogP contribution in [0.5, 0.6) is 0 Å². The predicted molar refractivity (Wildman–Crippen MR) is 72.5 cm³/mol. The number of unbranched alkanes of at least 4 members (excludes halogenated alkanes) is 3. The van der Waals surface area contributed by atoms with Crippen LogP contribution in [0.2, 0.25) is 0 Å². The second kappa shape index (κ2) is 8.76. The fourth-order valence-corrected chi connectivity index (χ4v) is 2.48. The van der Waals surface area contributed by atoms with Crippen molar-refractivity contribution in [2.45, 2.75) is 39.0 Å². The molecule has 0 N–H and O–H groups in total. The predicted octanol–water partition coefficient (Wildman–Crippen LogP) is 2.34. The molecular formula is C13H25ClN2O. The van der Waals surface area contributed by atoms with Crippen LogP contribution < -0.4 is 0 Å². The minimum absolute atomic E-state index is 0.217. The Bertz CT molecular complexity index is 223. The van der Waals surface area contributed by atoms with Gasteiger partial charge in [-0.1, -0.05) is 12.8 Å². The van der Waals surface area contributed by atoms with E-state index in [2.05, 4.69) is 4.90 Å². The van der Waals surface area contributed by atoms with Crippen LogP contribution in [0.25, 0.3) is 0 Å². The molecule has 17 heavy (non-hydrogen) atoms. The fourth-order valence-electron chi connectivity index (χ4n) is 2.29. The molecule has 3 nitrogen and oxygen atoms in total. The van der Waals surface area contributed by atoms with Gasteiger partial charge in [0.25, 0.3) is 0 Å². The molecule has 1 aliphatic heterocycles. The van der Waals surface area contributed by atoms with Crippen molar-refractivity contribution in [3.63, 3.8) is 0 Å². The highest BCUT2D eigenvalue weighted by atomic mass is 35.5. The Hall–Kier alpha value is -0.280. The standard InChI is InChI=1S/C13H25ClN2O/c1-13(17)16-10-6-9-15(11-12-16)8-5-3-2-4-7-14/h2-12H2,1H3. The van der Waals surface area contributed by atoms with Gasteiger partial charge in [-0.3, -0.25) is 4.79 Å². The number of hydrogen-bond donors (Lipinski definition) is 0. The van der Waals surface area contributed by atoms with Crippen LogP contribution in [0.15, 0.2) is 0 Å². The van der Waals surface area contributed by atoms with Crippen LogP contribution in [-0.4, -0.2) is 54.3 Å². The Balaban J connectivity index is 2.11. The maximum atomic E-state index is 11.3. The lowest BCUT2D eigenvalue weighted by Gasteiger charge is -2.20. The largest absolute Gasteiger partial charge is 0.342 e. The van der Waals surface area contributed by atoms with Crippen LogP contribution >= 0.6 is 11.6 Å². The average molecular weight is 261 g/mol. The quantitative estimate of drug-likeness (QED) is 0.541. The summed E-state index contributed by atoms with van der Waals surface area (Å²) >= 11 is 5.65. The molecule has 4 heteroatoms. The van der Waals surface area contributed by atoms with Gasteiger partial charge in [-0.25, -0.2) is 0 Å². The molecule has 0 saturated carbocycles. The van der Waals surface area contributed by atoms with Crippen molar-refractivity contribution in [3.05, 3.63) is 0 Å². The van der Waals surface area contributed by atoms with E-state index < -0.39 is 0 Å². The van der Waals surface area contributed by atoms with Crippen LogP contribution in [0.4, 0.5) is 0 Å². The molecule has 0 atom stereocenters. The highest BCUT2D eigenvalue weighted by molar-refractivity contribution is 6.17. The third-order valence-corrected chi connectivity index (χ3v) is 3.66. The van der Waals surface area contributed by atoms with Crippen molar-refractivity contribution in [2.24, 2.45) is 0 Å². The number of amides is 1. The normalized spacial score (nSPS) is 18.1. The molecule has 1 amide bonds. The van der Waals surface area contributed by atoms with E-state index in [1.807, 2.05) is 4.90 Å². The highest BCUT2D eigenvalue weighted by Gasteiger charge is 2.15. The summed E-state index contributed by atoms with van der Waals surface area (Å²) in [5.41, 5.74) is 0. The van der Waals surface area contributed by atoms with Crippen LogP contribution in [-0.2, 0) is 4.79 Å². The molecule has 0 spiro atoms. The van der Waals surface area contributed by atoms with E-state index in [1.54, 1.807) is 6.92 Å². The molecule has 1 rings (SSSR count). The zero-order valence-electron chi connectivity index (χ0n) is 11.0. The summed E-state index contributed by atoms with van der Waals surface area (Å²) in [6, 6.07) is 0. The summed E-state index contributed by atoms with van der Waals surface area (Å²) < 4.78 is 0. The smallest absolute Gasteiger partial charge is 0.219 e. The topological polar surface area (TPSA) is 23.6 Å². The molecule has 0 unspecified atom stereocenters. The summed E-state index contributed by atoms with van der Waals surface area (Å²) in [5.74, 6) is 1.01. The molecule has 0 aromatic rings. The van der Waals surface area contributed by atoms with E-state index in [-0.39, 0.29) is 5.91 Å². The lowest BCUT2D eigenvalue weighted by molar-refractivity contribution is -0.128. The third kappa shape index (κ3) is 6.27. The van der Waals surface area contributed by atoms with E-state index in [4.69, 9.17) is 11.6 Å². The Morgan fingerprint density at radius 2 is 1.82 bits per heavy atom. The van der Waals surface area contributed by atoms with Crippen molar-refractivity contribution >= 4 is 17.5 Å². The van der Waals surface area contributed by atoms with Gasteiger partial charge in [0, 0.05) is 32.4 Å². The number of carbonyl (C=O) groups excluding carboxylic acids is 1. The summed E-state index contributed by atoms with van der Waals surface area (Å²) in [5, 5.41) is 0. The number of halogens is 1. The Morgan fingerprint density at radius 3 is 2.53 bits per heavy atom. The van der Waals surface area contributed by atoms with Gasteiger partial charge >= 0.3 is 0 Å². The van der Waals surface area contributed by atoms with Crippen molar-refractivity contribution in [1.29, 1.82) is 0 Å². The van der Waals surface area contributed by atoms with Gasteiger partial charge in [0.1, 0.15) is 0 Å². The second-order valence-electron chi connectivity index (χ2n) is 4.80. The lowest BCUT2D eigenvalue weighted by Crippen LogP contribution is -2.33. The van der Waals surface area contributed by atoms with Crippen molar-refractivity contribution in [1.82, 2.24) is 9.80 Å². The van der Waals surface area contributed by atoms with E-state index >= 15 is 0 Å². The molecule has 1 heterocycles. The first kappa shape index (κ1) is 14.8. The number of alkyl halides is 1. The first-order valence-corrected chi connectivity index (χ1v) is 7.31. The van der Waals surface area contributed by atoms with Crippen LogP contribution in [0.1, 0.15) is 39.0 Å². The number of nitrogens with zero attached hydrogens (tertiary/aromatic N) is 2. The second-order valence-corrected chi connectivity index (χ2v) is 5.18. The first-order valence-electron chi connectivity index (χ1n) is 6.78. The van der Waals surface area contributed by atoms with Gasteiger partial charge in [0.05, 0.1) is 0 Å². The Labute approximate surface area is 110 Å². The SMILES string of the molecule is CC(=O)N1CCCN(CCCCCCCl)CC1. The first-order chi connectivity index (χ1) is 8.24. The van der Waals surface area contributed by atoms with E-state index in [0.717, 1.165) is 44.9 Å². The number of carbonyl (C=O) groups is 1. The molecule has 1 aliphatic rings. The zero-order chi connectivity index (χ0) is 12.5. The molecule has 0 radical (unpaired) electrons. The van der Waals surface area contributed by atoms with E-state index in [1.165, 1.54) is 25.8 Å². The number of rotatable bonds is 6. The maximum Gasteiger partial charge on any atom is 0.219 e. The molecule has 0 aliphatic carbocycles. The highest BCUT2D eigenvalue weighted by Crippen LogP contribution is 2.07. The van der Waals surface area contributed by atoms with Gasteiger partial charge in [0.2, 0.25) is 5.91 Å². The summed E-state index contributed by atoms with van der Waals surface area (Å²) in [4.78, 5) is 15.7. The van der Waals surface area contributed by atoms with Crippen molar-refractivity contribution in [2.75, 3.05) is 38.6 Å². The van der Waals surface area contributed by atoms with Gasteiger partial charge in [-0.05, 0) is 32.4 Å². The molecule has 0 bridgehead atoms. The Morgan fingerprint density at radius 1 is 1.06 bits per heavy atom. The van der Waals surface area contributed by atoms with Gasteiger partial charge in [0.15, 0.2) is 0 Å². The summed E-state index contributed by atoms with van der Waals surface area (Å²) in [6.07, 6.45) is 6.04. The van der Waals surface area contributed by atoms with E-state index in [9.17, 15) is 4.79 Å². The average Bonchev–Trinajstić information content (AvgIpc) is 2.54. The molecule has 1 fully saturated rings. The summed E-state index contributed by atoms with van der Waals surface area (Å²) in [7, 11) is 0. The minimum atomic E-state index is 0.217. The van der Waals surface area contributed by atoms with Gasteiger partial charge in [-0.15, -0.1) is 11.6 Å².